The van der Waals surface area contributed by atoms with Gasteiger partial charge in [-0.3, -0.25) is 34.3 Å². The normalized spacial score (nSPS) is 18.9. The van der Waals surface area contributed by atoms with E-state index >= 15 is 0 Å². The third kappa shape index (κ3) is 11.4. The van der Waals surface area contributed by atoms with Gasteiger partial charge in [0.1, 0.15) is 6.04 Å². The Morgan fingerprint density at radius 1 is 0.867 bits per heavy atom. The van der Waals surface area contributed by atoms with Crippen LogP contribution in [0.1, 0.15) is 132 Å². The number of carbonyl (C=O) groups is 5. The number of likely N-dealkylation sites (tertiary alicyclic amines) is 2. The van der Waals surface area contributed by atoms with E-state index in [0.717, 1.165) is 126 Å². The van der Waals surface area contributed by atoms with Gasteiger partial charge in [-0.1, -0.05) is 55.4 Å². The van der Waals surface area contributed by atoms with E-state index in [9.17, 15) is 24.0 Å². The Morgan fingerprint density at radius 2 is 1.68 bits per heavy atom. The summed E-state index contributed by atoms with van der Waals surface area (Å²) in [6.07, 6.45) is 18.9. The smallest absolute Gasteiger partial charge is 0.255 e. The van der Waals surface area contributed by atoms with Gasteiger partial charge in [0.15, 0.2) is 0 Å². The first-order valence-electron chi connectivity index (χ1n) is 22.1. The number of carbonyl (C=O) groups excluding carboxylic acids is 5. The summed E-state index contributed by atoms with van der Waals surface area (Å²) >= 11 is 0. The van der Waals surface area contributed by atoms with Gasteiger partial charge in [0.05, 0.1) is 0 Å². The van der Waals surface area contributed by atoms with Crippen molar-refractivity contribution in [2.75, 3.05) is 39.3 Å². The molecule has 0 aliphatic carbocycles. The standard InChI is InChI=1S/C49H58N6O5/c56-45(21-15-37-11-9-27-50-34-37)51-28-6-5-10-36-23-32-54(33-24-36)48(59)41-18-16-38(17-19-41)39-25-30-53(31-26-39)29-7-3-1-2-4-12-40-13-8-14-42-43(40)35-55(49(42)60)44-20-22-46(57)52-47(44)58/h8-9,11,13-19,21,27,34,36,39,44H,1-3,5-7,10,20,22-26,28-33,35H2,(H,51,56)(H,52,57,58)/b21-15+. The van der Waals surface area contributed by atoms with Gasteiger partial charge >= 0.3 is 0 Å². The summed E-state index contributed by atoms with van der Waals surface area (Å²) in [7, 11) is 0. The minimum absolute atomic E-state index is 0.0810. The molecule has 11 heteroatoms. The van der Waals surface area contributed by atoms with Crippen molar-refractivity contribution in [3.05, 3.63) is 106 Å². The molecule has 314 valence electrons. The molecule has 4 aliphatic rings. The number of hydrogen-bond acceptors (Lipinski definition) is 7. The van der Waals surface area contributed by atoms with E-state index in [1.54, 1.807) is 35.5 Å². The molecular weight excluding hydrogens is 753 g/mol. The lowest BCUT2D eigenvalue weighted by Crippen LogP contribution is -2.52. The number of fused-ring (bicyclic) bond motifs is 1. The maximum Gasteiger partial charge on any atom is 0.255 e. The zero-order chi connectivity index (χ0) is 41.7. The highest BCUT2D eigenvalue weighted by Crippen LogP contribution is 2.31. The number of rotatable bonds is 15. The predicted molar refractivity (Wildman–Crippen MR) is 231 cm³/mol. The minimum Gasteiger partial charge on any atom is -0.353 e. The number of aromatic nitrogens is 1. The van der Waals surface area contributed by atoms with Crippen molar-refractivity contribution in [2.24, 2.45) is 5.92 Å². The van der Waals surface area contributed by atoms with Crippen LogP contribution >= 0.6 is 0 Å². The molecule has 3 aromatic rings. The van der Waals surface area contributed by atoms with Crippen LogP contribution in [0.25, 0.3) is 6.08 Å². The topological polar surface area (TPSA) is 132 Å². The molecule has 4 aliphatic heterocycles. The molecule has 5 amide bonds. The second-order valence-electron chi connectivity index (χ2n) is 16.7. The SMILES string of the molecule is O=C(/C=C/c1cccnc1)NCCCCC1CCN(C(=O)c2ccc(C3CCN(CCCCCC#Cc4cccc5c4CN(C4CCC(=O)NC4=O)C5=O)CC3)cc2)CC1. The molecule has 2 N–H and O–H groups in total. The van der Waals surface area contributed by atoms with Crippen LogP contribution in [0.4, 0.5) is 0 Å². The van der Waals surface area contributed by atoms with Crippen LogP contribution in [0.15, 0.2) is 73.1 Å². The van der Waals surface area contributed by atoms with Gasteiger partial charge in [0.25, 0.3) is 11.8 Å². The van der Waals surface area contributed by atoms with E-state index in [-0.39, 0.29) is 30.0 Å². The third-order valence-corrected chi connectivity index (χ3v) is 12.6. The Morgan fingerprint density at radius 3 is 2.45 bits per heavy atom. The molecule has 0 spiro atoms. The average molecular weight is 811 g/mol. The summed E-state index contributed by atoms with van der Waals surface area (Å²) in [4.78, 5) is 72.8. The fourth-order valence-corrected chi connectivity index (χ4v) is 9.06. The number of pyridine rings is 1. The highest BCUT2D eigenvalue weighted by atomic mass is 16.2. The Hall–Kier alpha value is -5.60. The van der Waals surface area contributed by atoms with Crippen molar-refractivity contribution in [2.45, 2.75) is 102 Å². The van der Waals surface area contributed by atoms with Crippen LogP contribution in [-0.4, -0.2) is 94.5 Å². The van der Waals surface area contributed by atoms with Crippen molar-refractivity contribution in [1.82, 2.24) is 30.3 Å². The summed E-state index contributed by atoms with van der Waals surface area (Å²) in [6.45, 7) is 5.90. The van der Waals surface area contributed by atoms with Gasteiger partial charge in [-0.25, -0.2) is 0 Å². The van der Waals surface area contributed by atoms with E-state index in [0.29, 0.717) is 36.9 Å². The first-order chi connectivity index (χ1) is 29.3. The summed E-state index contributed by atoms with van der Waals surface area (Å²) in [5.41, 5.74) is 5.33. The highest BCUT2D eigenvalue weighted by Gasteiger charge is 2.39. The van der Waals surface area contributed by atoms with E-state index < -0.39 is 11.9 Å². The molecule has 0 saturated carbocycles. The molecule has 3 fully saturated rings. The van der Waals surface area contributed by atoms with Crippen molar-refractivity contribution in [3.8, 4) is 11.8 Å². The fourth-order valence-electron chi connectivity index (χ4n) is 9.06. The zero-order valence-corrected chi connectivity index (χ0v) is 34.7. The number of nitrogens with zero attached hydrogens (tertiary/aromatic N) is 4. The average Bonchev–Trinajstić information content (AvgIpc) is 3.61. The molecule has 7 rings (SSSR count). The number of imide groups is 1. The number of nitrogens with one attached hydrogen (secondary N) is 2. The lowest BCUT2D eigenvalue weighted by molar-refractivity contribution is -0.137. The molecular formula is C49H58N6O5. The molecule has 2 aromatic carbocycles. The second-order valence-corrected chi connectivity index (χ2v) is 16.7. The number of unbranched alkanes of at least 4 members (excludes halogenated alkanes) is 4. The Kier molecular flexibility index (Phi) is 14.9. The quantitative estimate of drug-likeness (QED) is 0.0777. The largest absolute Gasteiger partial charge is 0.353 e. The molecule has 5 heterocycles. The molecule has 1 unspecified atom stereocenters. The predicted octanol–water partition coefficient (Wildman–Crippen LogP) is 6.49. The Balaban J connectivity index is 0.740. The van der Waals surface area contributed by atoms with Crippen molar-refractivity contribution in [1.29, 1.82) is 0 Å². The van der Waals surface area contributed by atoms with Gasteiger partial charge in [-0.15, -0.1) is 0 Å². The molecule has 3 saturated heterocycles. The van der Waals surface area contributed by atoms with E-state index in [4.69, 9.17) is 0 Å². The van der Waals surface area contributed by atoms with Crippen molar-refractivity contribution < 1.29 is 24.0 Å². The van der Waals surface area contributed by atoms with E-state index in [1.807, 2.05) is 41.3 Å². The third-order valence-electron chi connectivity index (χ3n) is 12.6. The maximum atomic E-state index is 13.4. The van der Waals surface area contributed by atoms with Gasteiger partial charge in [-0.05, 0) is 136 Å². The van der Waals surface area contributed by atoms with E-state index in [2.05, 4.69) is 44.5 Å². The minimum atomic E-state index is -0.622. The number of hydrogen-bond donors (Lipinski definition) is 2. The second kappa shape index (κ2) is 21.1. The number of amides is 5. The van der Waals surface area contributed by atoms with Gasteiger partial charge in [0.2, 0.25) is 17.7 Å². The van der Waals surface area contributed by atoms with Crippen molar-refractivity contribution >= 4 is 35.6 Å². The molecule has 11 nitrogen and oxygen atoms in total. The molecule has 0 radical (unpaired) electrons. The Bertz CT molecular complexity index is 2070. The first-order valence-corrected chi connectivity index (χ1v) is 22.1. The molecule has 1 aromatic heterocycles. The number of piperidine rings is 3. The van der Waals surface area contributed by atoms with Crippen LogP contribution in [0.2, 0.25) is 0 Å². The highest BCUT2D eigenvalue weighted by molar-refractivity contribution is 6.05. The van der Waals surface area contributed by atoms with Crippen LogP contribution in [-0.2, 0) is 20.9 Å². The van der Waals surface area contributed by atoms with E-state index in [1.165, 1.54) is 5.56 Å². The zero-order valence-electron chi connectivity index (χ0n) is 34.7. The van der Waals surface area contributed by atoms with Gasteiger partial charge in [-0.2, -0.15) is 0 Å². The van der Waals surface area contributed by atoms with Crippen LogP contribution < -0.4 is 10.6 Å². The van der Waals surface area contributed by atoms with Crippen LogP contribution in [0.3, 0.4) is 0 Å². The van der Waals surface area contributed by atoms with Gasteiger partial charge < -0.3 is 20.0 Å². The van der Waals surface area contributed by atoms with Crippen LogP contribution in [0.5, 0.6) is 0 Å². The van der Waals surface area contributed by atoms with Gasteiger partial charge in [0, 0.05) is 74.2 Å². The molecule has 60 heavy (non-hydrogen) atoms. The maximum absolute atomic E-state index is 13.4. The molecule has 0 bridgehead atoms. The monoisotopic (exact) mass is 810 g/mol. The fraction of sp³-hybridized carbons (Fsp3) is 0.469. The van der Waals surface area contributed by atoms with Crippen LogP contribution in [0, 0.1) is 17.8 Å². The summed E-state index contributed by atoms with van der Waals surface area (Å²) in [5, 5.41) is 5.33. The lowest BCUT2D eigenvalue weighted by Gasteiger charge is -2.33. The first kappa shape index (κ1) is 42.5. The lowest BCUT2D eigenvalue weighted by atomic mass is 9.88. The Labute approximate surface area is 354 Å². The van der Waals surface area contributed by atoms with Crippen molar-refractivity contribution in [3.63, 3.8) is 0 Å². The number of benzene rings is 2. The summed E-state index contributed by atoms with van der Waals surface area (Å²) in [6, 6.07) is 17.1. The summed E-state index contributed by atoms with van der Waals surface area (Å²) in [5.74, 6) is 6.96. The summed E-state index contributed by atoms with van der Waals surface area (Å²) < 4.78 is 0. The molecule has 1 atom stereocenters.